The highest BCUT2D eigenvalue weighted by molar-refractivity contribution is 9.11. The summed E-state index contributed by atoms with van der Waals surface area (Å²) in [5.74, 6) is -0.0112. The van der Waals surface area contributed by atoms with E-state index in [0.29, 0.717) is 9.47 Å². The molecule has 0 saturated carbocycles. The number of rotatable bonds is 5. The Morgan fingerprint density at radius 2 is 1.95 bits per heavy atom. The molecule has 0 N–H and O–H groups in total. The topological polar surface area (TPSA) is 57.0 Å². The second-order valence-corrected chi connectivity index (χ2v) is 12.1. The molecule has 1 heterocycles. The van der Waals surface area contributed by atoms with Crippen LogP contribution in [0.5, 0.6) is 0 Å². The van der Waals surface area contributed by atoms with E-state index in [1.165, 1.54) is 4.68 Å². The molecule has 0 spiro atoms. The molecule has 1 rings (SSSR count). The van der Waals surface area contributed by atoms with Gasteiger partial charge in [0.05, 0.1) is 6.61 Å². The van der Waals surface area contributed by atoms with Crippen LogP contribution in [0.15, 0.2) is 9.47 Å². The molecule has 0 aromatic carbocycles. The Kier molecular flexibility index (Phi) is 5.50. The molecule has 0 saturated heterocycles. The molecular weight excluding hydrogens is 394 g/mol. The van der Waals surface area contributed by atoms with Crippen LogP contribution in [0.2, 0.25) is 18.1 Å². The molecule has 0 atom stereocenters. The third-order valence-electron chi connectivity index (χ3n) is 3.33. The van der Waals surface area contributed by atoms with Crippen molar-refractivity contribution in [1.29, 1.82) is 0 Å². The molecule has 8 heteroatoms. The third-order valence-corrected chi connectivity index (χ3v) is 8.73. The summed E-state index contributed by atoms with van der Waals surface area (Å²) in [7, 11) is -1.88. The fourth-order valence-electron chi connectivity index (χ4n) is 1.09. The van der Waals surface area contributed by atoms with E-state index >= 15 is 0 Å². The predicted molar refractivity (Wildman–Crippen MR) is 83.6 cm³/mol. The lowest BCUT2D eigenvalue weighted by molar-refractivity contribution is -0.122. The number of ketones is 1. The number of hydrogen-bond donors (Lipinski definition) is 0. The first-order valence-corrected chi connectivity index (χ1v) is 10.4. The van der Waals surface area contributed by atoms with Crippen molar-refractivity contribution in [2.75, 3.05) is 6.61 Å². The highest BCUT2D eigenvalue weighted by Gasteiger charge is 2.37. The van der Waals surface area contributed by atoms with Crippen molar-refractivity contribution < 1.29 is 9.22 Å². The average molecular weight is 413 g/mol. The summed E-state index contributed by atoms with van der Waals surface area (Å²) in [6.45, 7) is 11.0. The maximum Gasteiger partial charge on any atom is 0.218 e. The molecule has 0 aliphatic carbocycles. The SMILES string of the molecule is CC(C)(C)[Si](C)(C)OCC(=O)Cn1nc(Br)nc1Br. The molecule has 1 aromatic rings. The minimum absolute atomic E-state index is 0.0112. The molecule has 19 heavy (non-hydrogen) atoms. The Morgan fingerprint density at radius 3 is 2.37 bits per heavy atom. The Bertz CT molecular complexity index is 469. The van der Waals surface area contributed by atoms with Gasteiger partial charge in [-0.3, -0.25) is 4.79 Å². The lowest BCUT2D eigenvalue weighted by Gasteiger charge is -2.35. The van der Waals surface area contributed by atoms with Crippen molar-refractivity contribution in [3.8, 4) is 0 Å². The number of carbonyl (C=O) groups excluding carboxylic acids is 1. The van der Waals surface area contributed by atoms with E-state index in [-0.39, 0.29) is 24.0 Å². The fraction of sp³-hybridized carbons (Fsp3) is 0.727. The van der Waals surface area contributed by atoms with Crippen molar-refractivity contribution in [3.05, 3.63) is 9.47 Å². The summed E-state index contributed by atoms with van der Waals surface area (Å²) in [4.78, 5) is 15.9. The summed E-state index contributed by atoms with van der Waals surface area (Å²) in [6, 6.07) is 0. The van der Waals surface area contributed by atoms with Gasteiger partial charge in [0.25, 0.3) is 0 Å². The molecular formula is C11H19Br2N3O2Si. The third kappa shape index (κ3) is 4.77. The summed E-state index contributed by atoms with van der Waals surface area (Å²) >= 11 is 6.40. The van der Waals surface area contributed by atoms with Gasteiger partial charge in [0.15, 0.2) is 18.8 Å². The zero-order valence-electron chi connectivity index (χ0n) is 11.8. The first-order chi connectivity index (χ1) is 8.53. The van der Waals surface area contributed by atoms with Gasteiger partial charge in [0.1, 0.15) is 6.54 Å². The molecule has 0 bridgehead atoms. The Balaban J connectivity index is 2.56. The van der Waals surface area contributed by atoms with Crippen LogP contribution in [0, 0.1) is 0 Å². The Morgan fingerprint density at radius 1 is 1.37 bits per heavy atom. The van der Waals surface area contributed by atoms with Crippen LogP contribution in [0.4, 0.5) is 0 Å². The van der Waals surface area contributed by atoms with Crippen LogP contribution in [0.1, 0.15) is 20.8 Å². The van der Waals surface area contributed by atoms with Gasteiger partial charge in [-0.1, -0.05) is 20.8 Å². The minimum atomic E-state index is -1.88. The van der Waals surface area contributed by atoms with E-state index in [0.717, 1.165) is 0 Å². The summed E-state index contributed by atoms with van der Waals surface area (Å²) in [5.41, 5.74) is 0. The van der Waals surface area contributed by atoms with Gasteiger partial charge in [-0.05, 0) is 50.0 Å². The lowest BCUT2D eigenvalue weighted by Crippen LogP contribution is -2.42. The molecule has 5 nitrogen and oxygen atoms in total. The molecule has 0 amide bonds. The molecule has 0 aliphatic heterocycles. The fourth-order valence-corrected chi connectivity index (χ4v) is 3.01. The van der Waals surface area contributed by atoms with Crippen molar-refractivity contribution in [1.82, 2.24) is 14.8 Å². The molecule has 0 aliphatic rings. The number of carbonyl (C=O) groups is 1. The molecule has 0 radical (unpaired) electrons. The highest BCUT2D eigenvalue weighted by atomic mass is 79.9. The maximum absolute atomic E-state index is 11.9. The maximum atomic E-state index is 11.9. The van der Waals surface area contributed by atoms with Crippen LogP contribution in [-0.2, 0) is 15.8 Å². The van der Waals surface area contributed by atoms with Crippen molar-refractivity contribution in [2.24, 2.45) is 0 Å². The number of aromatic nitrogens is 3. The number of Topliss-reactive ketones (excluding diaryl/α,β-unsaturated/α-hetero) is 1. The summed E-state index contributed by atoms with van der Waals surface area (Å²) in [5, 5.41) is 4.16. The van der Waals surface area contributed by atoms with Crippen LogP contribution < -0.4 is 0 Å². The minimum Gasteiger partial charge on any atom is -0.409 e. The van der Waals surface area contributed by atoms with Crippen molar-refractivity contribution in [2.45, 2.75) is 45.4 Å². The van der Waals surface area contributed by atoms with E-state index in [2.05, 4.69) is 75.8 Å². The Labute approximate surface area is 131 Å². The van der Waals surface area contributed by atoms with Gasteiger partial charge in [-0.2, -0.15) is 4.98 Å². The highest BCUT2D eigenvalue weighted by Crippen LogP contribution is 2.36. The average Bonchev–Trinajstić information content (AvgIpc) is 2.53. The van der Waals surface area contributed by atoms with Crippen LogP contribution in [0.25, 0.3) is 0 Å². The second-order valence-electron chi connectivity index (χ2n) is 5.90. The summed E-state index contributed by atoms with van der Waals surface area (Å²) in [6.07, 6.45) is 0. The van der Waals surface area contributed by atoms with Crippen LogP contribution in [-0.4, -0.2) is 35.5 Å². The monoisotopic (exact) mass is 411 g/mol. The second kappa shape index (κ2) is 6.15. The van der Waals surface area contributed by atoms with Gasteiger partial charge in [-0.15, -0.1) is 5.10 Å². The molecule has 108 valence electrons. The first kappa shape index (κ1) is 17.0. The number of hydrogen-bond acceptors (Lipinski definition) is 4. The molecule has 0 fully saturated rings. The van der Waals surface area contributed by atoms with Gasteiger partial charge in [0.2, 0.25) is 4.73 Å². The number of nitrogens with zero attached hydrogens (tertiary/aromatic N) is 3. The lowest BCUT2D eigenvalue weighted by atomic mass is 10.2. The zero-order chi connectivity index (χ0) is 14.8. The summed E-state index contributed by atoms with van der Waals surface area (Å²) < 4.78 is 8.36. The standard InChI is InChI=1S/C11H19Br2N3O2Si/c1-11(2,3)19(4,5)18-7-8(17)6-16-10(13)14-9(12)15-16/h6-7H2,1-5H3. The van der Waals surface area contributed by atoms with Gasteiger partial charge in [0, 0.05) is 0 Å². The van der Waals surface area contributed by atoms with E-state index < -0.39 is 8.32 Å². The van der Waals surface area contributed by atoms with E-state index in [1.807, 2.05) is 0 Å². The van der Waals surface area contributed by atoms with Gasteiger partial charge < -0.3 is 4.43 Å². The molecule has 0 unspecified atom stereocenters. The van der Waals surface area contributed by atoms with E-state index in [1.54, 1.807) is 0 Å². The smallest absolute Gasteiger partial charge is 0.218 e. The Hall–Kier alpha value is -0.0531. The van der Waals surface area contributed by atoms with E-state index in [9.17, 15) is 4.79 Å². The van der Waals surface area contributed by atoms with Gasteiger partial charge in [-0.25, -0.2) is 4.68 Å². The number of halogens is 2. The zero-order valence-corrected chi connectivity index (χ0v) is 16.0. The molecule has 1 aromatic heterocycles. The first-order valence-electron chi connectivity index (χ1n) is 5.94. The largest absolute Gasteiger partial charge is 0.409 e. The van der Waals surface area contributed by atoms with Crippen molar-refractivity contribution >= 4 is 46.0 Å². The van der Waals surface area contributed by atoms with Crippen LogP contribution >= 0.6 is 31.9 Å². The van der Waals surface area contributed by atoms with Crippen molar-refractivity contribution in [3.63, 3.8) is 0 Å². The normalized spacial score (nSPS) is 12.8. The van der Waals surface area contributed by atoms with E-state index in [4.69, 9.17) is 4.43 Å². The predicted octanol–water partition coefficient (Wildman–Crippen LogP) is 3.39. The quantitative estimate of drug-likeness (QED) is 0.695. The van der Waals surface area contributed by atoms with Gasteiger partial charge >= 0.3 is 0 Å². The van der Waals surface area contributed by atoms with Crippen LogP contribution in [0.3, 0.4) is 0 Å².